The van der Waals surface area contributed by atoms with Crippen LogP contribution in [-0.2, 0) is 14.3 Å². The molecule has 0 aliphatic heterocycles. The zero-order valence-corrected chi connectivity index (χ0v) is 23.5. The minimum absolute atomic E-state index is 0.0145. The predicted octanol–water partition coefficient (Wildman–Crippen LogP) is 6.42. The quantitative estimate of drug-likeness (QED) is 0.157. The van der Waals surface area contributed by atoms with Gasteiger partial charge in [-0.2, -0.15) is 0 Å². The van der Waals surface area contributed by atoms with E-state index in [1.165, 1.54) is 37.3 Å². The van der Waals surface area contributed by atoms with Gasteiger partial charge in [0.2, 0.25) is 0 Å². The van der Waals surface area contributed by atoms with Crippen molar-refractivity contribution in [3.63, 3.8) is 0 Å². The Balaban J connectivity index is 1.64. The number of carboxylic acids is 1. The van der Waals surface area contributed by atoms with Gasteiger partial charge in [-0.1, -0.05) is 48.5 Å². The molecule has 8 nitrogen and oxygen atoms in total. The number of rotatable bonds is 11. The molecule has 3 aromatic carbocycles. The van der Waals surface area contributed by atoms with Crippen LogP contribution in [0.3, 0.4) is 0 Å². The summed E-state index contributed by atoms with van der Waals surface area (Å²) in [5, 5.41) is 21.3. The van der Waals surface area contributed by atoms with Gasteiger partial charge in [0.15, 0.2) is 0 Å². The number of hydrogen-bond donors (Lipinski definition) is 2. The van der Waals surface area contributed by atoms with Crippen LogP contribution in [0.25, 0.3) is 28.1 Å². The van der Waals surface area contributed by atoms with E-state index >= 15 is 0 Å². The lowest BCUT2D eigenvalue weighted by Crippen LogP contribution is -2.26. The van der Waals surface area contributed by atoms with Crippen LogP contribution in [-0.4, -0.2) is 44.9 Å². The molecule has 218 valence electrons. The van der Waals surface area contributed by atoms with Crippen molar-refractivity contribution < 1.29 is 38.5 Å². The van der Waals surface area contributed by atoms with E-state index in [1.807, 2.05) is 38.1 Å². The highest BCUT2D eigenvalue weighted by Crippen LogP contribution is 2.38. The monoisotopic (exact) mass is 573 g/mol. The number of aliphatic hydroxyl groups excluding tert-OH is 1. The fourth-order valence-corrected chi connectivity index (χ4v) is 4.94. The summed E-state index contributed by atoms with van der Waals surface area (Å²) in [6.07, 6.45) is 0.185. The van der Waals surface area contributed by atoms with Crippen LogP contribution in [0.4, 0.5) is 4.39 Å². The number of hydrogen-bond acceptors (Lipinski definition) is 6. The van der Waals surface area contributed by atoms with E-state index < -0.39 is 36.5 Å². The first-order valence-corrected chi connectivity index (χ1v) is 13.5. The molecule has 1 aromatic heterocycles. The Bertz CT molecular complexity index is 1620. The van der Waals surface area contributed by atoms with Gasteiger partial charge in [0.1, 0.15) is 23.2 Å². The number of aliphatic carboxylic acids is 1. The van der Waals surface area contributed by atoms with Gasteiger partial charge in [0.25, 0.3) is 0 Å². The maximum absolute atomic E-state index is 13.7. The number of aliphatic hydroxyl groups is 1. The molecule has 42 heavy (non-hydrogen) atoms. The fourth-order valence-electron chi connectivity index (χ4n) is 4.94. The van der Waals surface area contributed by atoms with E-state index in [9.17, 15) is 29.0 Å². The van der Waals surface area contributed by atoms with Crippen molar-refractivity contribution in [2.45, 2.75) is 51.9 Å². The molecule has 0 fully saturated rings. The van der Waals surface area contributed by atoms with Crippen LogP contribution in [0.15, 0.2) is 78.9 Å². The van der Waals surface area contributed by atoms with Crippen LogP contribution >= 0.6 is 0 Å². The molecule has 0 saturated heterocycles. The lowest BCUT2D eigenvalue weighted by atomic mass is 10.0. The van der Waals surface area contributed by atoms with Gasteiger partial charge < -0.3 is 24.3 Å². The van der Waals surface area contributed by atoms with Crippen molar-refractivity contribution in [1.82, 2.24) is 4.57 Å². The highest BCUT2D eigenvalue weighted by atomic mass is 19.1. The number of carboxylic acid groups (broad SMARTS) is 1. The average molecular weight is 574 g/mol. The van der Waals surface area contributed by atoms with Gasteiger partial charge in [0, 0.05) is 41.5 Å². The number of esters is 2. The summed E-state index contributed by atoms with van der Waals surface area (Å²) < 4.78 is 26.4. The maximum Gasteiger partial charge on any atom is 0.342 e. The number of aromatic nitrogens is 1. The third-order valence-electron chi connectivity index (χ3n) is 6.62. The molecule has 1 heterocycles. The smallest absolute Gasteiger partial charge is 0.342 e. The van der Waals surface area contributed by atoms with E-state index in [1.54, 1.807) is 30.3 Å². The first-order chi connectivity index (χ1) is 20.0. The van der Waals surface area contributed by atoms with Gasteiger partial charge in [-0.25, -0.2) is 9.18 Å². The van der Waals surface area contributed by atoms with Crippen molar-refractivity contribution in [2.24, 2.45) is 0 Å². The van der Waals surface area contributed by atoms with Crippen LogP contribution < -0.4 is 4.74 Å². The van der Waals surface area contributed by atoms with Crippen molar-refractivity contribution in [3.8, 4) is 16.9 Å². The first kappa shape index (κ1) is 30.2. The Kier molecular flexibility index (Phi) is 9.54. The minimum Gasteiger partial charge on any atom is -0.481 e. The summed E-state index contributed by atoms with van der Waals surface area (Å²) in [4.78, 5) is 35.9. The predicted molar refractivity (Wildman–Crippen MR) is 157 cm³/mol. The van der Waals surface area contributed by atoms with E-state index in [0.29, 0.717) is 0 Å². The Labute approximate surface area is 242 Å². The summed E-state index contributed by atoms with van der Waals surface area (Å²) >= 11 is 0. The van der Waals surface area contributed by atoms with Crippen LogP contribution in [0.2, 0.25) is 0 Å². The lowest BCUT2D eigenvalue weighted by Gasteiger charge is -2.19. The number of benzene rings is 3. The highest BCUT2D eigenvalue weighted by molar-refractivity contribution is 6.01. The van der Waals surface area contributed by atoms with Crippen LogP contribution in [0.1, 0.15) is 55.7 Å². The Morgan fingerprint density at radius 3 is 2.31 bits per heavy atom. The Morgan fingerprint density at radius 1 is 0.976 bits per heavy atom. The molecule has 0 unspecified atom stereocenters. The molecular formula is C33H32FNO7. The standard InChI is InChI=1S/C33H32FNO7/c1-20(2)35-28-10-6-4-8-26(28)32(22-12-14-23(34)15-13-22)29(35)17-16-24(37)18-25(19-31(38)39)42-33(40)27-9-5-7-11-30(27)41-21(3)36/h4-17,20,24-25,37H,18-19H2,1-3H3,(H,38,39)/t24-,25-/m0/s1. The topological polar surface area (TPSA) is 115 Å². The summed E-state index contributed by atoms with van der Waals surface area (Å²) in [6, 6.07) is 20.0. The van der Waals surface area contributed by atoms with E-state index in [-0.39, 0.29) is 29.6 Å². The number of halogens is 1. The van der Waals surface area contributed by atoms with E-state index in [4.69, 9.17) is 9.47 Å². The Hall–Kier alpha value is -4.76. The zero-order chi connectivity index (χ0) is 30.4. The number of fused-ring (bicyclic) bond motifs is 1. The molecule has 2 N–H and O–H groups in total. The zero-order valence-electron chi connectivity index (χ0n) is 23.5. The van der Waals surface area contributed by atoms with E-state index in [0.717, 1.165) is 27.7 Å². The molecule has 0 amide bonds. The van der Waals surface area contributed by atoms with Crippen molar-refractivity contribution in [1.29, 1.82) is 0 Å². The van der Waals surface area contributed by atoms with Crippen molar-refractivity contribution >= 4 is 34.9 Å². The molecule has 9 heteroatoms. The molecular weight excluding hydrogens is 541 g/mol. The molecule has 0 aliphatic rings. The number of para-hydroxylation sites is 2. The SMILES string of the molecule is CC(=O)Oc1ccccc1C(=O)O[C@H](CC(=O)O)C[C@@H](O)C=Cc1c(-c2ccc(F)cc2)c2ccccc2n1C(C)C. The van der Waals surface area contributed by atoms with Crippen LogP contribution in [0.5, 0.6) is 5.75 Å². The summed E-state index contributed by atoms with van der Waals surface area (Å²) in [6.45, 7) is 5.26. The van der Waals surface area contributed by atoms with Gasteiger partial charge in [0.05, 0.1) is 12.5 Å². The fraction of sp³-hybridized carbons (Fsp3) is 0.242. The molecule has 2 atom stereocenters. The molecule has 4 rings (SSSR count). The number of carbonyl (C=O) groups is 3. The largest absolute Gasteiger partial charge is 0.481 e. The second-order valence-corrected chi connectivity index (χ2v) is 10.1. The molecule has 0 aliphatic carbocycles. The number of nitrogens with zero attached hydrogens (tertiary/aromatic N) is 1. The minimum atomic E-state index is -1.21. The summed E-state index contributed by atoms with van der Waals surface area (Å²) in [5.74, 6) is -3.09. The van der Waals surface area contributed by atoms with Gasteiger partial charge >= 0.3 is 17.9 Å². The van der Waals surface area contributed by atoms with Gasteiger partial charge in [-0.05, 0) is 55.8 Å². The second-order valence-electron chi connectivity index (χ2n) is 10.1. The van der Waals surface area contributed by atoms with Crippen molar-refractivity contribution in [3.05, 3.63) is 95.9 Å². The van der Waals surface area contributed by atoms with Gasteiger partial charge in [-0.3, -0.25) is 9.59 Å². The molecule has 0 saturated carbocycles. The summed E-state index contributed by atoms with van der Waals surface area (Å²) in [5.41, 5.74) is 3.35. The molecule has 0 bridgehead atoms. The normalized spacial score (nSPS) is 12.9. The van der Waals surface area contributed by atoms with E-state index in [2.05, 4.69) is 4.57 Å². The molecule has 4 aromatic rings. The molecule has 0 radical (unpaired) electrons. The number of carbonyl (C=O) groups excluding carboxylic acids is 2. The lowest BCUT2D eigenvalue weighted by molar-refractivity contribution is -0.139. The summed E-state index contributed by atoms with van der Waals surface area (Å²) in [7, 11) is 0. The second kappa shape index (κ2) is 13.3. The third kappa shape index (κ3) is 7.11. The van der Waals surface area contributed by atoms with Gasteiger partial charge in [-0.15, -0.1) is 0 Å². The highest BCUT2D eigenvalue weighted by Gasteiger charge is 2.25. The van der Waals surface area contributed by atoms with Crippen molar-refractivity contribution in [2.75, 3.05) is 0 Å². The maximum atomic E-state index is 13.7. The Morgan fingerprint density at radius 2 is 1.64 bits per heavy atom. The third-order valence-corrected chi connectivity index (χ3v) is 6.62. The number of ether oxygens (including phenoxy) is 2. The first-order valence-electron chi connectivity index (χ1n) is 13.5. The molecule has 0 spiro atoms. The average Bonchev–Trinajstić information content (AvgIpc) is 3.26. The van der Waals surface area contributed by atoms with Crippen LogP contribution in [0, 0.1) is 5.82 Å².